The molecule has 8 heteroatoms. The van der Waals surface area contributed by atoms with Crippen molar-refractivity contribution in [3.63, 3.8) is 0 Å². The molecule has 0 atom stereocenters. The maximum absolute atomic E-state index is 12.3. The van der Waals surface area contributed by atoms with Crippen LogP contribution in [0, 0.1) is 0 Å². The Hall–Kier alpha value is -2.35. The van der Waals surface area contributed by atoms with Gasteiger partial charge in [-0.3, -0.25) is 19.1 Å². The van der Waals surface area contributed by atoms with Crippen LogP contribution < -0.4 is 16.1 Å². The zero-order chi connectivity index (χ0) is 17.9. The average molecular weight is 395 g/mol. The molecule has 0 spiro atoms. The Kier molecular flexibility index (Phi) is 5.61. The highest BCUT2D eigenvalue weighted by Gasteiger charge is 2.12. The summed E-state index contributed by atoms with van der Waals surface area (Å²) < 4.78 is 1.37. The monoisotopic (exact) mass is 394 g/mol. The van der Waals surface area contributed by atoms with E-state index < -0.39 is 11.2 Å². The number of amides is 1. The molecule has 0 saturated heterocycles. The van der Waals surface area contributed by atoms with Crippen LogP contribution in [0.5, 0.6) is 0 Å². The minimum Gasteiger partial charge on any atom is -0.378 e. The van der Waals surface area contributed by atoms with Crippen LogP contribution in [0.3, 0.4) is 0 Å². The van der Waals surface area contributed by atoms with Gasteiger partial charge in [0.15, 0.2) is 0 Å². The van der Waals surface area contributed by atoms with Crippen LogP contribution >= 0.6 is 15.9 Å². The van der Waals surface area contributed by atoms with Gasteiger partial charge in [-0.25, -0.2) is 4.79 Å². The summed E-state index contributed by atoms with van der Waals surface area (Å²) in [7, 11) is 5.60. The second kappa shape index (κ2) is 7.48. The van der Waals surface area contributed by atoms with Gasteiger partial charge in [0, 0.05) is 39.6 Å². The Balaban J connectivity index is 2.06. The summed E-state index contributed by atoms with van der Waals surface area (Å²) >= 11 is 3.05. The summed E-state index contributed by atoms with van der Waals surface area (Å²) in [6.07, 6.45) is 1.32. The van der Waals surface area contributed by atoms with E-state index in [9.17, 15) is 14.4 Å². The molecule has 1 amide bonds. The molecule has 24 heavy (non-hydrogen) atoms. The Morgan fingerprint density at radius 3 is 2.38 bits per heavy atom. The van der Waals surface area contributed by atoms with Crippen molar-refractivity contribution in [2.75, 3.05) is 26.0 Å². The van der Waals surface area contributed by atoms with E-state index in [0.717, 1.165) is 11.3 Å². The molecule has 0 radical (unpaired) electrons. The Bertz CT molecular complexity index is 840. The lowest BCUT2D eigenvalue weighted by molar-refractivity contribution is -0.131. The zero-order valence-corrected chi connectivity index (χ0v) is 15.3. The van der Waals surface area contributed by atoms with E-state index in [4.69, 9.17) is 0 Å². The van der Waals surface area contributed by atoms with Gasteiger partial charge in [-0.05, 0) is 33.6 Å². The van der Waals surface area contributed by atoms with Gasteiger partial charge in [-0.15, -0.1) is 0 Å². The number of aromatic amines is 1. The number of carbonyl (C=O) groups excluding carboxylic acids is 1. The maximum Gasteiger partial charge on any atom is 0.328 e. The Labute approximate surface area is 147 Å². The number of carbonyl (C=O) groups is 1. The normalized spacial score (nSPS) is 10.5. The van der Waals surface area contributed by atoms with E-state index >= 15 is 0 Å². The molecule has 0 bridgehead atoms. The third-order valence-corrected chi connectivity index (χ3v) is 4.14. The number of rotatable bonds is 5. The van der Waals surface area contributed by atoms with Gasteiger partial charge >= 0.3 is 5.69 Å². The van der Waals surface area contributed by atoms with Crippen molar-refractivity contribution in [3.8, 4) is 0 Å². The van der Waals surface area contributed by atoms with Crippen LogP contribution in [0.2, 0.25) is 0 Å². The molecule has 1 N–H and O–H groups in total. The van der Waals surface area contributed by atoms with Gasteiger partial charge < -0.3 is 9.80 Å². The number of hydrogen-bond acceptors (Lipinski definition) is 4. The maximum atomic E-state index is 12.3. The van der Waals surface area contributed by atoms with Crippen LogP contribution in [0.4, 0.5) is 5.69 Å². The van der Waals surface area contributed by atoms with E-state index in [-0.39, 0.29) is 16.9 Å². The first-order valence-electron chi connectivity index (χ1n) is 7.27. The molecule has 0 aliphatic heterocycles. The lowest BCUT2D eigenvalue weighted by Gasteiger charge is -2.19. The van der Waals surface area contributed by atoms with E-state index in [2.05, 4.69) is 20.9 Å². The van der Waals surface area contributed by atoms with Crippen molar-refractivity contribution in [3.05, 3.63) is 61.3 Å². The van der Waals surface area contributed by atoms with Gasteiger partial charge in [0.2, 0.25) is 5.91 Å². The summed E-state index contributed by atoms with van der Waals surface area (Å²) in [5, 5.41) is 0. The fraction of sp³-hybridized carbons (Fsp3) is 0.312. The number of H-pyrrole nitrogens is 1. The number of hydrogen-bond donors (Lipinski definition) is 1. The summed E-state index contributed by atoms with van der Waals surface area (Å²) in [6, 6.07) is 7.89. The van der Waals surface area contributed by atoms with Gasteiger partial charge in [-0.2, -0.15) is 0 Å². The number of benzene rings is 1. The van der Waals surface area contributed by atoms with Crippen LogP contribution in [-0.2, 0) is 17.9 Å². The van der Waals surface area contributed by atoms with Crippen molar-refractivity contribution < 1.29 is 4.79 Å². The molecule has 0 aliphatic rings. The largest absolute Gasteiger partial charge is 0.378 e. The van der Waals surface area contributed by atoms with Crippen molar-refractivity contribution in [1.29, 1.82) is 0 Å². The zero-order valence-electron chi connectivity index (χ0n) is 13.7. The lowest BCUT2D eigenvalue weighted by atomic mass is 10.2. The smallest absolute Gasteiger partial charge is 0.328 e. The predicted molar refractivity (Wildman–Crippen MR) is 96.3 cm³/mol. The highest BCUT2D eigenvalue weighted by Crippen LogP contribution is 2.13. The molecule has 0 unspecified atom stereocenters. The first-order valence-corrected chi connectivity index (χ1v) is 8.06. The summed E-state index contributed by atoms with van der Waals surface area (Å²) in [5.41, 5.74) is 0.946. The SMILES string of the molecule is CN(Cc1ccc(N(C)C)cc1)C(=O)Cn1cc(Br)c(=O)[nH]c1=O. The van der Waals surface area contributed by atoms with E-state index in [1.54, 1.807) is 7.05 Å². The van der Waals surface area contributed by atoms with Gasteiger partial charge in [0.05, 0.1) is 4.47 Å². The third kappa shape index (κ3) is 4.35. The third-order valence-electron chi connectivity index (χ3n) is 3.57. The first kappa shape index (κ1) is 18.0. The molecular formula is C16H19BrN4O3. The molecule has 128 valence electrons. The van der Waals surface area contributed by atoms with Crippen LogP contribution in [0.15, 0.2) is 44.5 Å². The fourth-order valence-electron chi connectivity index (χ4n) is 2.13. The average Bonchev–Trinajstić information content (AvgIpc) is 2.53. The molecule has 0 saturated carbocycles. The highest BCUT2D eigenvalue weighted by atomic mass is 79.9. The van der Waals surface area contributed by atoms with Crippen molar-refractivity contribution >= 4 is 27.5 Å². The number of likely N-dealkylation sites (N-methyl/N-ethyl adjacent to an activating group) is 1. The fourth-order valence-corrected chi connectivity index (χ4v) is 2.47. The minimum atomic E-state index is -0.611. The van der Waals surface area contributed by atoms with E-state index in [1.165, 1.54) is 15.7 Å². The number of anilines is 1. The number of nitrogens with zero attached hydrogens (tertiary/aromatic N) is 3. The second-order valence-corrected chi connectivity index (χ2v) is 6.53. The molecule has 1 aromatic carbocycles. The Morgan fingerprint density at radius 2 is 1.79 bits per heavy atom. The van der Waals surface area contributed by atoms with Gasteiger partial charge in [0.25, 0.3) is 5.56 Å². The molecule has 7 nitrogen and oxygen atoms in total. The second-order valence-electron chi connectivity index (χ2n) is 5.67. The number of nitrogens with one attached hydrogen (secondary N) is 1. The standard InChI is InChI=1S/C16H19BrN4O3/c1-19(2)12-6-4-11(5-7-12)8-20(3)14(22)10-21-9-13(17)15(23)18-16(21)24/h4-7,9H,8,10H2,1-3H3,(H,18,23,24). The van der Waals surface area contributed by atoms with Crippen LogP contribution in [-0.4, -0.2) is 41.5 Å². The summed E-state index contributed by atoms with van der Waals surface area (Å²) in [5.74, 6) is -0.229. The Morgan fingerprint density at radius 1 is 1.17 bits per heavy atom. The number of halogens is 1. The quantitative estimate of drug-likeness (QED) is 0.820. The molecule has 1 aromatic heterocycles. The first-order chi connectivity index (χ1) is 11.3. The molecular weight excluding hydrogens is 376 g/mol. The molecule has 0 fully saturated rings. The lowest BCUT2D eigenvalue weighted by Crippen LogP contribution is -2.36. The van der Waals surface area contributed by atoms with Gasteiger partial charge in [-0.1, -0.05) is 12.1 Å². The molecule has 2 aromatic rings. The predicted octanol–water partition coefficient (Wildman–Crippen LogP) is 1.02. The summed E-state index contributed by atoms with van der Waals surface area (Å²) in [6.45, 7) is 0.298. The van der Waals surface area contributed by atoms with Crippen molar-refractivity contribution in [1.82, 2.24) is 14.5 Å². The van der Waals surface area contributed by atoms with Crippen LogP contribution in [0.25, 0.3) is 0 Å². The van der Waals surface area contributed by atoms with Crippen molar-refractivity contribution in [2.45, 2.75) is 13.1 Å². The molecule has 1 heterocycles. The molecule has 2 rings (SSSR count). The van der Waals surface area contributed by atoms with Crippen molar-refractivity contribution in [2.24, 2.45) is 0 Å². The topological polar surface area (TPSA) is 78.4 Å². The van der Waals surface area contributed by atoms with Crippen LogP contribution in [0.1, 0.15) is 5.56 Å². The molecule has 0 aliphatic carbocycles. The van der Waals surface area contributed by atoms with Gasteiger partial charge in [0.1, 0.15) is 6.54 Å². The number of aromatic nitrogens is 2. The van der Waals surface area contributed by atoms with E-state index in [0.29, 0.717) is 6.54 Å². The van der Waals surface area contributed by atoms with E-state index in [1.807, 2.05) is 43.3 Å². The highest BCUT2D eigenvalue weighted by molar-refractivity contribution is 9.10. The minimum absolute atomic E-state index is 0.138. The summed E-state index contributed by atoms with van der Waals surface area (Å²) in [4.78, 5) is 41.0.